The first-order chi connectivity index (χ1) is 12.4. The van der Waals surface area contributed by atoms with Gasteiger partial charge in [-0.2, -0.15) is 17.5 Å². The smallest absolute Gasteiger partial charge is 0.416 e. The number of esters is 1. The van der Waals surface area contributed by atoms with Crippen LogP contribution in [0.4, 0.5) is 13.2 Å². The molecule has 3 rings (SSSR count). The molecule has 0 bridgehead atoms. The van der Waals surface area contributed by atoms with Crippen molar-refractivity contribution in [2.24, 2.45) is 0 Å². The molecule has 7 heteroatoms. The molecule has 0 radical (unpaired) electrons. The summed E-state index contributed by atoms with van der Waals surface area (Å²) in [5.74, 6) is -0.604. The Morgan fingerprint density at radius 3 is 2.42 bits per heavy atom. The van der Waals surface area contributed by atoms with E-state index >= 15 is 0 Å². The van der Waals surface area contributed by atoms with Crippen LogP contribution in [0.1, 0.15) is 22.8 Å². The van der Waals surface area contributed by atoms with E-state index in [0.717, 1.165) is 29.2 Å². The molecule has 0 N–H and O–H groups in total. The molecule has 0 saturated carbocycles. The van der Waals surface area contributed by atoms with Crippen molar-refractivity contribution in [3.8, 4) is 21.7 Å². The second-order valence-corrected chi connectivity index (χ2v) is 6.17. The quantitative estimate of drug-likeness (QED) is 0.550. The van der Waals surface area contributed by atoms with E-state index in [0.29, 0.717) is 4.88 Å². The fraction of sp³-hybridized carbons (Fsp3) is 0.158. The number of hydrogen-bond acceptors (Lipinski definition) is 4. The lowest BCUT2D eigenvalue weighted by atomic mass is 10.0. The number of aromatic nitrogens is 1. The lowest BCUT2D eigenvalue weighted by molar-refractivity contribution is -0.137. The van der Waals surface area contributed by atoms with Crippen molar-refractivity contribution >= 4 is 17.5 Å². The Bertz CT molecular complexity index is 920. The predicted octanol–water partition coefficient (Wildman–Crippen LogP) is 5.67. The molecule has 3 nitrogen and oxygen atoms in total. The summed E-state index contributed by atoms with van der Waals surface area (Å²) in [6, 6.07) is 13.9. The van der Waals surface area contributed by atoms with Gasteiger partial charge in [-0.15, -0.1) is 0 Å². The highest BCUT2D eigenvalue weighted by atomic mass is 32.1. The maximum atomic E-state index is 13.0. The summed E-state index contributed by atoms with van der Waals surface area (Å²) in [6.45, 7) is 1.83. The van der Waals surface area contributed by atoms with E-state index in [-0.39, 0.29) is 23.4 Å². The SMILES string of the molecule is CCOC(=O)c1c(-c2cccc(C(F)(F)F)c2)nsc1-c1ccccc1. The number of nitrogens with zero attached hydrogens (tertiary/aromatic N) is 1. The first-order valence-corrected chi connectivity index (χ1v) is 8.59. The Kier molecular flexibility index (Phi) is 5.08. The average Bonchev–Trinajstić information content (AvgIpc) is 3.07. The molecule has 0 aliphatic heterocycles. The molecule has 134 valence electrons. The molecule has 26 heavy (non-hydrogen) atoms. The number of ether oxygens (including phenoxy) is 1. The van der Waals surface area contributed by atoms with Crippen molar-refractivity contribution in [1.82, 2.24) is 4.37 Å². The summed E-state index contributed by atoms with van der Waals surface area (Å²) in [6.07, 6.45) is -4.47. The van der Waals surface area contributed by atoms with Crippen LogP contribution in [-0.2, 0) is 10.9 Å². The zero-order chi connectivity index (χ0) is 18.7. The van der Waals surface area contributed by atoms with Crippen molar-refractivity contribution in [2.45, 2.75) is 13.1 Å². The van der Waals surface area contributed by atoms with Crippen LogP contribution in [0.25, 0.3) is 21.7 Å². The predicted molar refractivity (Wildman–Crippen MR) is 93.9 cm³/mol. The number of alkyl halides is 3. The number of benzene rings is 2. The number of halogens is 3. The van der Waals surface area contributed by atoms with E-state index in [1.807, 2.05) is 30.3 Å². The van der Waals surface area contributed by atoms with Gasteiger partial charge in [0.05, 0.1) is 22.7 Å². The Balaban J connectivity index is 2.17. The van der Waals surface area contributed by atoms with Crippen molar-refractivity contribution < 1.29 is 22.7 Å². The standard InChI is InChI=1S/C19H14F3NO2S/c1-2-25-18(24)15-16(13-9-6-10-14(11-13)19(20,21)22)23-26-17(15)12-7-4-3-5-8-12/h3-11H,2H2,1H3. The summed E-state index contributed by atoms with van der Waals surface area (Å²) < 4.78 is 48.4. The van der Waals surface area contributed by atoms with Crippen molar-refractivity contribution in [1.29, 1.82) is 0 Å². The van der Waals surface area contributed by atoms with Crippen LogP contribution < -0.4 is 0 Å². The summed E-state index contributed by atoms with van der Waals surface area (Å²) >= 11 is 1.06. The summed E-state index contributed by atoms with van der Waals surface area (Å²) in [5.41, 5.74) is 0.562. The summed E-state index contributed by atoms with van der Waals surface area (Å²) in [4.78, 5) is 13.1. The van der Waals surface area contributed by atoms with Crippen LogP contribution in [-0.4, -0.2) is 16.9 Å². The third kappa shape index (κ3) is 3.62. The molecule has 0 unspecified atom stereocenters. The zero-order valence-corrected chi connectivity index (χ0v) is 14.5. The van der Waals surface area contributed by atoms with Gasteiger partial charge in [-0.05, 0) is 36.2 Å². The maximum Gasteiger partial charge on any atom is 0.416 e. The highest BCUT2D eigenvalue weighted by molar-refractivity contribution is 7.10. The van der Waals surface area contributed by atoms with Gasteiger partial charge in [0.1, 0.15) is 5.56 Å². The lowest BCUT2D eigenvalue weighted by Crippen LogP contribution is -2.07. The van der Waals surface area contributed by atoms with E-state index in [1.54, 1.807) is 6.92 Å². The molecule has 0 aliphatic rings. The molecule has 1 heterocycles. The summed E-state index contributed by atoms with van der Waals surface area (Å²) in [7, 11) is 0. The highest BCUT2D eigenvalue weighted by Gasteiger charge is 2.31. The second kappa shape index (κ2) is 7.29. The van der Waals surface area contributed by atoms with Gasteiger partial charge < -0.3 is 4.74 Å². The second-order valence-electron chi connectivity index (χ2n) is 5.40. The zero-order valence-electron chi connectivity index (χ0n) is 13.7. The minimum Gasteiger partial charge on any atom is -0.462 e. The molecule has 0 fully saturated rings. The number of hydrogen-bond donors (Lipinski definition) is 0. The topological polar surface area (TPSA) is 39.2 Å². The third-order valence-electron chi connectivity index (χ3n) is 3.67. The minimum absolute atomic E-state index is 0.158. The normalized spacial score (nSPS) is 11.4. The van der Waals surface area contributed by atoms with Crippen molar-refractivity contribution in [3.05, 3.63) is 65.7 Å². The molecular weight excluding hydrogens is 363 g/mol. The molecule has 0 spiro atoms. The molecular formula is C19H14F3NO2S. The fourth-order valence-electron chi connectivity index (χ4n) is 2.51. The van der Waals surface area contributed by atoms with Gasteiger partial charge in [0.15, 0.2) is 0 Å². The van der Waals surface area contributed by atoms with E-state index < -0.39 is 17.7 Å². The van der Waals surface area contributed by atoms with Gasteiger partial charge in [-0.25, -0.2) is 4.79 Å². The molecule has 2 aromatic carbocycles. The van der Waals surface area contributed by atoms with E-state index in [9.17, 15) is 18.0 Å². The van der Waals surface area contributed by atoms with E-state index in [4.69, 9.17) is 4.74 Å². The van der Waals surface area contributed by atoms with Gasteiger partial charge in [0, 0.05) is 5.56 Å². The molecule has 0 saturated heterocycles. The van der Waals surface area contributed by atoms with Gasteiger partial charge in [-0.3, -0.25) is 0 Å². The average molecular weight is 377 g/mol. The van der Waals surface area contributed by atoms with Gasteiger partial charge in [-0.1, -0.05) is 42.5 Å². The Morgan fingerprint density at radius 1 is 1.08 bits per heavy atom. The maximum absolute atomic E-state index is 13.0. The first kappa shape index (κ1) is 18.1. The molecule has 1 aromatic heterocycles. The van der Waals surface area contributed by atoms with Crippen LogP contribution in [0.5, 0.6) is 0 Å². The fourth-order valence-corrected chi connectivity index (χ4v) is 3.40. The first-order valence-electron chi connectivity index (χ1n) is 7.81. The van der Waals surface area contributed by atoms with Crippen molar-refractivity contribution in [2.75, 3.05) is 6.61 Å². The largest absolute Gasteiger partial charge is 0.462 e. The van der Waals surface area contributed by atoms with Gasteiger partial charge in [0.2, 0.25) is 0 Å². The van der Waals surface area contributed by atoms with Gasteiger partial charge >= 0.3 is 12.1 Å². The van der Waals surface area contributed by atoms with Crippen LogP contribution in [0.15, 0.2) is 54.6 Å². The molecule has 3 aromatic rings. The van der Waals surface area contributed by atoms with E-state index in [2.05, 4.69) is 4.37 Å². The highest BCUT2D eigenvalue weighted by Crippen LogP contribution is 2.38. The Labute approximate surface area is 152 Å². The number of rotatable bonds is 4. The van der Waals surface area contributed by atoms with Crippen LogP contribution >= 0.6 is 11.5 Å². The monoisotopic (exact) mass is 377 g/mol. The third-order valence-corrected chi connectivity index (χ3v) is 4.57. The molecule has 0 atom stereocenters. The number of carbonyl (C=O) groups is 1. The van der Waals surface area contributed by atoms with E-state index in [1.165, 1.54) is 12.1 Å². The Morgan fingerprint density at radius 2 is 1.77 bits per heavy atom. The van der Waals surface area contributed by atoms with Gasteiger partial charge in [0.25, 0.3) is 0 Å². The minimum atomic E-state index is -4.47. The van der Waals surface area contributed by atoms with Crippen LogP contribution in [0.3, 0.4) is 0 Å². The summed E-state index contributed by atoms with van der Waals surface area (Å²) in [5, 5.41) is 0. The van der Waals surface area contributed by atoms with Crippen molar-refractivity contribution in [3.63, 3.8) is 0 Å². The van der Waals surface area contributed by atoms with Crippen LogP contribution in [0.2, 0.25) is 0 Å². The Hall–Kier alpha value is -2.67. The number of carbonyl (C=O) groups excluding carboxylic acids is 1. The molecule has 0 amide bonds. The van der Waals surface area contributed by atoms with Crippen LogP contribution in [0, 0.1) is 0 Å². The lowest BCUT2D eigenvalue weighted by Gasteiger charge is -2.09. The molecule has 0 aliphatic carbocycles.